The summed E-state index contributed by atoms with van der Waals surface area (Å²) < 4.78 is 6.91. The summed E-state index contributed by atoms with van der Waals surface area (Å²) in [6, 6.07) is 9.72. The molecule has 3 aromatic rings. The standard InChI is InChI=1S/C19H20N4O4/c1-13-9-20-22(10-13)12-16-8-17(21-27-16)18(24)23(14(2)19(25)26)11-15-6-4-3-5-7-15/h3-10,14H,11-12H2,1-2H3,(H,25,26). The SMILES string of the molecule is Cc1cnn(Cc2cc(C(=O)N(Cc3ccccc3)C(C)C(=O)O)no2)c1. The van der Waals surface area contributed by atoms with Crippen LogP contribution in [0.3, 0.4) is 0 Å². The molecule has 0 radical (unpaired) electrons. The summed E-state index contributed by atoms with van der Waals surface area (Å²) in [5.41, 5.74) is 1.91. The number of carbonyl (C=O) groups excluding carboxylic acids is 1. The number of aryl methyl sites for hydroxylation is 1. The van der Waals surface area contributed by atoms with Gasteiger partial charge in [-0.25, -0.2) is 4.79 Å². The van der Waals surface area contributed by atoms with E-state index < -0.39 is 17.9 Å². The number of amides is 1. The second-order valence-corrected chi connectivity index (χ2v) is 6.33. The monoisotopic (exact) mass is 368 g/mol. The lowest BCUT2D eigenvalue weighted by molar-refractivity contribution is -0.141. The van der Waals surface area contributed by atoms with Crippen LogP contribution in [0, 0.1) is 6.92 Å². The molecule has 0 aliphatic heterocycles. The fourth-order valence-corrected chi connectivity index (χ4v) is 2.65. The van der Waals surface area contributed by atoms with E-state index in [1.165, 1.54) is 17.9 Å². The predicted molar refractivity (Wildman–Crippen MR) is 96.0 cm³/mol. The van der Waals surface area contributed by atoms with Crippen molar-refractivity contribution >= 4 is 11.9 Å². The van der Waals surface area contributed by atoms with Crippen molar-refractivity contribution < 1.29 is 19.2 Å². The fraction of sp³-hybridized carbons (Fsp3) is 0.263. The molecule has 2 heterocycles. The van der Waals surface area contributed by atoms with Gasteiger partial charge in [-0.3, -0.25) is 9.48 Å². The molecule has 1 atom stereocenters. The van der Waals surface area contributed by atoms with E-state index in [1.807, 2.05) is 43.5 Å². The van der Waals surface area contributed by atoms with Crippen LogP contribution in [0.2, 0.25) is 0 Å². The number of aliphatic carboxylic acids is 1. The Hall–Kier alpha value is -3.42. The van der Waals surface area contributed by atoms with Crippen LogP contribution in [0.5, 0.6) is 0 Å². The average molecular weight is 368 g/mol. The van der Waals surface area contributed by atoms with Crippen LogP contribution in [0.1, 0.15) is 34.3 Å². The summed E-state index contributed by atoms with van der Waals surface area (Å²) in [7, 11) is 0. The van der Waals surface area contributed by atoms with E-state index in [-0.39, 0.29) is 12.2 Å². The molecule has 0 fully saturated rings. The van der Waals surface area contributed by atoms with Crippen LogP contribution in [-0.2, 0) is 17.9 Å². The summed E-state index contributed by atoms with van der Waals surface area (Å²) in [5.74, 6) is -1.13. The first-order chi connectivity index (χ1) is 12.9. The molecule has 1 N–H and O–H groups in total. The number of carbonyl (C=O) groups is 2. The van der Waals surface area contributed by atoms with E-state index in [1.54, 1.807) is 10.9 Å². The summed E-state index contributed by atoms with van der Waals surface area (Å²) in [5, 5.41) is 17.4. The number of nitrogens with zero attached hydrogens (tertiary/aromatic N) is 4. The van der Waals surface area contributed by atoms with E-state index in [9.17, 15) is 14.7 Å². The maximum atomic E-state index is 12.9. The normalized spacial score (nSPS) is 11.9. The van der Waals surface area contributed by atoms with Crippen molar-refractivity contribution in [2.24, 2.45) is 0 Å². The zero-order valence-electron chi connectivity index (χ0n) is 15.1. The first kappa shape index (κ1) is 18.4. The number of hydrogen-bond donors (Lipinski definition) is 1. The van der Waals surface area contributed by atoms with Gasteiger partial charge in [-0.1, -0.05) is 35.5 Å². The third-order valence-corrected chi connectivity index (χ3v) is 4.14. The van der Waals surface area contributed by atoms with E-state index >= 15 is 0 Å². The molecule has 0 aliphatic carbocycles. The summed E-state index contributed by atoms with van der Waals surface area (Å²) >= 11 is 0. The maximum Gasteiger partial charge on any atom is 0.326 e. The number of aromatic nitrogens is 3. The number of carboxylic acids is 1. The van der Waals surface area contributed by atoms with Crippen molar-refractivity contribution in [3.63, 3.8) is 0 Å². The minimum atomic E-state index is -1.09. The topological polar surface area (TPSA) is 101 Å². The molecule has 27 heavy (non-hydrogen) atoms. The third-order valence-electron chi connectivity index (χ3n) is 4.14. The molecule has 8 nitrogen and oxygen atoms in total. The molecular weight excluding hydrogens is 348 g/mol. The van der Waals surface area contributed by atoms with Crippen molar-refractivity contribution in [2.75, 3.05) is 0 Å². The van der Waals surface area contributed by atoms with Crippen molar-refractivity contribution in [3.05, 3.63) is 71.4 Å². The largest absolute Gasteiger partial charge is 0.480 e. The van der Waals surface area contributed by atoms with Crippen LogP contribution in [0.15, 0.2) is 53.3 Å². The Balaban J connectivity index is 1.80. The lowest BCUT2D eigenvalue weighted by Gasteiger charge is -2.25. The van der Waals surface area contributed by atoms with E-state index in [2.05, 4.69) is 10.3 Å². The molecule has 0 bridgehead atoms. The zero-order chi connectivity index (χ0) is 19.4. The summed E-state index contributed by atoms with van der Waals surface area (Å²) in [6.07, 6.45) is 3.57. The Bertz CT molecular complexity index is 932. The van der Waals surface area contributed by atoms with Gasteiger partial charge in [0.1, 0.15) is 12.6 Å². The Kier molecular flexibility index (Phi) is 5.35. The third kappa shape index (κ3) is 4.41. The molecule has 3 rings (SSSR count). The van der Waals surface area contributed by atoms with Gasteiger partial charge in [0.25, 0.3) is 5.91 Å². The summed E-state index contributed by atoms with van der Waals surface area (Å²) in [4.78, 5) is 25.6. The molecule has 1 aromatic carbocycles. The predicted octanol–water partition coefficient (Wildman–Crippen LogP) is 2.34. The van der Waals surface area contributed by atoms with Gasteiger partial charge in [0, 0.05) is 18.8 Å². The average Bonchev–Trinajstić information content (AvgIpc) is 3.28. The Morgan fingerprint density at radius 3 is 2.67 bits per heavy atom. The number of rotatable bonds is 7. The molecule has 8 heteroatoms. The number of carboxylic acid groups (broad SMARTS) is 1. The van der Waals surface area contributed by atoms with Crippen molar-refractivity contribution in [3.8, 4) is 0 Å². The van der Waals surface area contributed by atoms with Gasteiger partial charge in [-0.2, -0.15) is 5.10 Å². The fourth-order valence-electron chi connectivity index (χ4n) is 2.65. The molecule has 0 spiro atoms. The van der Waals surface area contributed by atoms with Gasteiger partial charge < -0.3 is 14.5 Å². The highest BCUT2D eigenvalue weighted by Crippen LogP contribution is 2.15. The van der Waals surface area contributed by atoms with Crippen LogP contribution in [-0.4, -0.2) is 42.9 Å². The highest BCUT2D eigenvalue weighted by atomic mass is 16.5. The van der Waals surface area contributed by atoms with Crippen LogP contribution >= 0.6 is 0 Å². The lowest BCUT2D eigenvalue weighted by atomic mass is 10.1. The quantitative estimate of drug-likeness (QED) is 0.687. The highest BCUT2D eigenvalue weighted by molar-refractivity contribution is 5.94. The Labute approximate surface area is 156 Å². The van der Waals surface area contributed by atoms with E-state index in [4.69, 9.17) is 4.52 Å². The van der Waals surface area contributed by atoms with Gasteiger partial charge in [0.05, 0.1) is 6.20 Å². The second-order valence-electron chi connectivity index (χ2n) is 6.33. The van der Waals surface area contributed by atoms with Gasteiger partial charge in [0.2, 0.25) is 0 Å². The first-order valence-electron chi connectivity index (χ1n) is 8.46. The second kappa shape index (κ2) is 7.86. The maximum absolute atomic E-state index is 12.9. The number of hydrogen-bond acceptors (Lipinski definition) is 5. The first-order valence-corrected chi connectivity index (χ1v) is 8.46. The van der Waals surface area contributed by atoms with Gasteiger partial charge in [0.15, 0.2) is 11.5 Å². The van der Waals surface area contributed by atoms with Gasteiger partial charge in [-0.05, 0) is 25.0 Å². The van der Waals surface area contributed by atoms with Crippen LogP contribution in [0.25, 0.3) is 0 Å². The molecule has 0 aliphatic rings. The van der Waals surface area contributed by atoms with Crippen LogP contribution < -0.4 is 0 Å². The minimum absolute atomic E-state index is 0.0675. The Morgan fingerprint density at radius 2 is 2.04 bits per heavy atom. The minimum Gasteiger partial charge on any atom is -0.480 e. The summed E-state index contributed by atoms with van der Waals surface area (Å²) in [6.45, 7) is 3.89. The smallest absolute Gasteiger partial charge is 0.326 e. The van der Waals surface area contributed by atoms with Gasteiger partial charge in [-0.15, -0.1) is 0 Å². The lowest BCUT2D eigenvalue weighted by Crippen LogP contribution is -2.42. The molecule has 2 aromatic heterocycles. The van der Waals surface area contributed by atoms with Crippen LogP contribution in [0.4, 0.5) is 0 Å². The molecule has 0 saturated heterocycles. The van der Waals surface area contributed by atoms with Crippen molar-refractivity contribution in [1.82, 2.24) is 19.8 Å². The molecule has 1 amide bonds. The van der Waals surface area contributed by atoms with Gasteiger partial charge >= 0.3 is 5.97 Å². The van der Waals surface area contributed by atoms with Crippen molar-refractivity contribution in [1.29, 1.82) is 0 Å². The molecular formula is C19H20N4O4. The molecule has 1 unspecified atom stereocenters. The Morgan fingerprint density at radius 1 is 1.30 bits per heavy atom. The van der Waals surface area contributed by atoms with E-state index in [0.717, 1.165) is 11.1 Å². The zero-order valence-corrected chi connectivity index (χ0v) is 15.1. The van der Waals surface area contributed by atoms with Crippen molar-refractivity contribution in [2.45, 2.75) is 33.0 Å². The number of benzene rings is 1. The van der Waals surface area contributed by atoms with E-state index in [0.29, 0.717) is 12.3 Å². The highest BCUT2D eigenvalue weighted by Gasteiger charge is 2.28. The molecule has 0 saturated carbocycles. The molecule has 140 valence electrons.